The molecule has 3 rings (SSSR count). The van der Waals surface area contributed by atoms with Crippen molar-refractivity contribution in [2.24, 2.45) is 0 Å². The highest BCUT2D eigenvalue weighted by Gasteiger charge is 2.18. The molecule has 3 aromatic rings. The molecular weight excluding hydrogens is 355 g/mol. The van der Waals surface area contributed by atoms with Crippen molar-refractivity contribution in [3.05, 3.63) is 59.2 Å². The zero-order valence-electron chi connectivity index (χ0n) is 17.0. The first-order valence-electron chi connectivity index (χ1n) is 9.41. The van der Waals surface area contributed by atoms with Crippen LogP contribution in [0.4, 0.5) is 4.39 Å². The van der Waals surface area contributed by atoms with Gasteiger partial charge >= 0.3 is 0 Å². The molecule has 0 radical (unpaired) electrons. The Hall–Kier alpha value is -2.95. The van der Waals surface area contributed by atoms with Crippen molar-refractivity contribution in [2.75, 3.05) is 14.2 Å². The summed E-state index contributed by atoms with van der Waals surface area (Å²) in [5, 5.41) is 0. The van der Waals surface area contributed by atoms with Crippen molar-refractivity contribution < 1.29 is 13.9 Å². The van der Waals surface area contributed by atoms with E-state index in [9.17, 15) is 4.39 Å². The van der Waals surface area contributed by atoms with E-state index in [0.717, 1.165) is 39.7 Å². The fourth-order valence-electron chi connectivity index (χ4n) is 3.23. The molecule has 28 heavy (non-hydrogen) atoms. The number of benzene rings is 2. The van der Waals surface area contributed by atoms with Gasteiger partial charge in [-0.15, -0.1) is 0 Å². The van der Waals surface area contributed by atoms with Gasteiger partial charge in [0.2, 0.25) is 0 Å². The minimum atomic E-state index is -0.218. The second kappa shape index (κ2) is 8.38. The number of hydrogen-bond acceptors (Lipinski definition) is 4. The largest absolute Gasteiger partial charge is 0.497 e. The monoisotopic (exact) mass is 380 g/mol. The van der Waals surface area contributed by atoms with Crippen LogP contribution in [0.5, 0.6) is 11.5 Å². The first kappa shape index (κ1) is 19.8. The standard InChI is InChI=1S/C23H25FN2O2/c1-6-19-22(15-8-11-18(24)14(3)12-15)25-20(7-2)23(26-19)17-10-9-16(27-4)13-21(17)28-5/h8-13H,6-7H2,1-5H3. The second-order valence-corrected chi connectivity index (χ2v) is 6.55. The number of halogens is 1. The average molecular weight is 380 g/mol. The Labute approximate surface area is 165 Å². The van der Waals surface area contributed by atoms with Crippen LogP contribution in [-0.4, -0.2) is 24.2 Å². The molecule has 0 unspecified atom stereocenters. The molecule has 0 amide bonds. The molecule has 1 heterocycles. The van der Waals surface area contributed by atoms with Crippen LogP contribution in [-0.2, 0) is 12.8 Å². The molecule has 0 bridgehead atoms. The van der Waals surface area contributed by atoms with Gasteiger partial charge in [-0.25, -0.2) is 14.4 Å². The number of aryl methyl sites for hydroxylation is 3. The lowest BCUT2D eigenvalue weighted by Crippen LogP contribution is -2.05. The van der Waals surface area contributed by atoms with Gasteiger partial charge in [-0.1, -0.05) is 13.8 Å². The fraction of sp³-hybridized carbons (Fsp3) is 0.304. The van der Waals surface area contributed by atoms with Crippen LogP contribution >= 0.6 is 0 Å². The molecular formula is C23H25FN2O2. The minimum Gasteiger partial charge on any atom is -0.497 e. The zero-order valence-corrected chi connectivity index (χ0v) is 17.0. The second-order valence-electron chi connectivity index (χ2n) is 6.55. The van der Waals surface area contributed by atoms with Gasteiger partial charge < -0.3 is 9.47 Å². The quantitative estimate of drug-likeness (QED) is 0.574. The molecule has 146 valence electrons. The molecule has 0 saturated heterocycles. The molecule has 0 spiro atoms. The molecule has 0 aliphatic heterocycles. The van der Waals surface area contributed by atoms with Gasteiger partial charge in [-0.05, 0) is 55.7 Å². The molecule has 0 saturated carbocycles. The SMILES string of the molecule is CCc1nc(-c2ccc(OC)cc2OC)c(CC)nc1-c1ccc(F)c(C)c1. The number of nitrogens with zero attached hydrogens (tertiary/aromatic N) is 2. The van der Waals surface area contributed by atoms with Crippen LogP contribution in [0.3, 0.4) is 0 Å². The van der Waals surface area contributed by atoms with E-state index in [0.29, 0.717) is 24.2 Å². The van der Waals surface area contributed by atoms with Crippen molar-refractivity contribution in [3.63, 3.8) is 0 Å². The highest BCUT2D eigenvalue weighted by atomic mass is 19.1. The number of methoxy groups -OCH3 is 2. The van der Waals surface area contributed by atoms with E-state index in [2.05, 4.69) is 6.92 Å². The number of aromatic nitrogens is 2. The Morgan fingerprint density at radius 3 is 2.14 bits per heavy atom. The smallest absolute Gasteiger partial charge is 0.132 e. The Morgan fingerprint density at radius 1 is 0.857 bits per heavy atom. The zero-order chi connectivity index (χ0) is 20.3. The van der Waals surface area contributed by atoms with Crippen molar-refractivity contribution in [2.45, 2.75) is 33.6 Å². The molecule has 2 aromatic carbocycles. The maximum Gasteiger partial charge on any atom is 0.132 e. The molecule has 0 N–H and O–H groups in total. The van der Waals surface area contributed by atoms with Crippen LogP contribution < -0.4 is 9.47 Å². The van der Waals surface area contributed by atoms with Crippen LogP contribution in [0.25, 0.3) is 22.5 Å². The summed E-state index contributed by atoms with van der Waals surface area (Å²) in [6.07, 6.45) is 1.43. The summed E-state index contributed by atoms with van der Waals surface area (Å²) in [5.74, 6) is 1.20. The summed E-state index contributed by atoms with van der Waals surface area (Å²) in [5.41, 5.74) is 5.71. The van der Waals surface area contributed by atoms with E-state index in [1.165, 1.54) is 6.07 Å². The Kier molecular flexibility index (Phi) is 5.93. The van der Waals surface area contributed by atoms with E-state index in [1.807, 2.05) is 31.2 Å². The van der Waals surface area contributed by atoms with Crippen molar-refractivity contribution in [3.8, 4) is 34.0 Å². The molecule has 0 atom stereocenters. The number of ether oxygens (including phenoxy) is 2. The van der Waals surface area contributed by atoms with E-state index >= 15 is 0 Å². The summed E-state index contributed by atoms with van der Waals surface area (Å²) in [6, 6.07) is 10.8. The fourth-order valence-corrected chi connectivity index (χ4v) is 3.23. The normalized spacial score (nSPS) is 10.8. The predicted octanol–water partition coefficient (Wildman–Crippen LogP) is 5.40. The van der Waals surface area contributed by atoms with E-state index in [1.54, 1.807) is 27.2 Å². The van der Waals surface area contributed by atoms with Crippen molar-refractivity contribution in [1.29, 1.82) is 0 Å². The highest BCUT2D eigenvalue weighted by molar-refractivity contribution is 5.73. The van der Waals surface area contributed by atoms with Crippen molar-refractivity contribution in [1.82, 2.24) is 9.97 Å². The van der Waals surface area contributed by atoms with Gasteiger partial charge in [0.1, 0.15) is 17.3 Å². The van der Waals surface area contributed by atoms with Crippen LogP contribution in [0.2, 0.25) is 0 Å². The van der Waals surface area contributed by atoms with Gasteiger partial charge in [-0.3, -0.25) is 0 Å². The summed E-state index contributed by atoms with van der Waals surface area (Å²) < 4.78 is 24.6. The van der Waals surface area contributed by atoms with E-state index < -0.39 is 0 Å². The Bertz CT molecular complexity index is 1000. The van der Waals surface area contributed by atoms with Crippen LogP contribution in [0.1, 0.15) is 30.8 Å². The van der Waals surface area contributed by atoms with E-state index in [-0.39, 0.29) is 5.82 Å². The number of rotatable bonds is 6. The van der Waals surface area contributed by atoms with Gasteiger partial charge in [-0.2, -0.15) is 0 Å². The lowest BCUT2D eigenvalue weighted by Gasteiger charge is -2.16. The van der Waals surface area contributed by atoms with Crippen LogP contribution in [0.15, 0.2) is 36.4 Å². The Balaban J connectivity index is 2.21. The van der Waals surface area contributed by atoms with Gasteiger partial charge in [0, 0.05) is 17.2 Å². The van der Waals surface area contributed by atoms with Gasteiger partial charge in [0.15, 0.2) is 0 Å². The first-order chi connectivity index (χ1) is 13.5. The molecule has 0 aliphatic rings. The predicted molar refractivity (Wildman–Crippen MR) is 109 cm³/mol. The summed E-state index contributed by atoms with van der Waals surface area (Å²) in [4.78, 5) is 9.87. The topological polar surface area (TPSA) is 44.2 Å². The first-order valence-corrected chi connectivity index (χ1v) is 9.41. The molecule has 0 fully saturated rings. The third kappa shape index (κ3) is 3.70. The Morgan fingerprint density at radius 2 is 1.54 bits per heavy atom. The summed E-state index contributed by atoms with van der Waals surface area (Å²) >= 11 is 0. The third-order valence-electron chi connectivity index (χ3n) is 4.81. The van der Waals surface area contributed by atoms with Crippen molar-refractivity contribution >= 4 is 0 Å². The molecule has 5 heteroatoms. The minimum absolute atomic E-state index is 0.218. The lowest BCUT2D eigenvalue weighted by molar-refractivity contribution is 0.395. The number of hydrogen-bond donors (Lipinski definition) is 0. The maximum atomic E-state index is 13.7. The average Bonchev–Trinajstić information content (AvgIpc) is 2.74. The maximum absolute atomic E-state index is 13.7. The van der Waals surface area contributed by atoms with Gasteiger partial charge in [0.25, 0.3) is 0 Å². The molecule has 1 aromatic heterocycles. The highest BCUT2D eigenvalue weighted by Crippen LogP contribution is 2.35. The lowest BCUT2D eigenvalue weighted by atomic mass is 10.0. The summed E-state index contributed by atoms with van der Waals surface area (Å²) in [7, 11) is 3.26. The third-order valence-corrected chi connectivity index (χ3v) is 4.81. The molecule has 0 aliphatic carbocycles. The molecule has 4 nitrogen and oxygen atoms in total. The van der Waals surface area contributed by atoms with Crippen LogP contribution in [0, 0.1) is 12.7 Å². The van der Waals surface area contributed by atoms with E-state index in [4.69, 9.17) is 19.4 Å². The summed E-state index contributed by atoms with van der Waals surface area (Å²) in [6.45, 7) is 5.86. The van der Waals surface area contributed by atoms with Gasteiger partial charge in [0.05, 0.1) is 37.0 Å².